The zero-order chi connectivity index (χ0) is 21.0. The predicted molar refractivity (Wildman–Crippen MR) is 115 cm³/mol. The number of hydrogen-bond acceptors (Lipinski definition) is 2. The third-order valence-corrected chi connectivity index (χ3v) is 4.22. The topological polar surface area (TPSA) is 18.5 Å². The average molecular weight is 365 g/mol. The van der Waals surface area contributed by atoms with Crippen molar-refractivity contribution in [2.45, 2.75) is 99.9 Å². The van der Waals surface area contributed by atoms with Gasteiger partial charge in [0.05, 0.1) is 17.5 Å². The van der Waals surface area contributed by atoms with Crippen LogP contribution in [0.5, 0.6) is 0 Å². The Labute approximate surface area is 163 Å². The summed E-state index contributed by atoms with van der Waals surface area (Å²) in [4.78, 5) is 0. The van der Waals surface area contributed by atoms with Crippen LogP contribution < -0.4 is 0 Å². The minimum Gasteiger partial charge on any atom is -0.490 e. The molecule has 0 aliphatic heterocycles. The van der Waals surface area contributed by atoms with Gasteiger partial charge in [-0.05, 0) is 53.0 Å². The molecule has 0 spiro atoms. The van der Waals surface area contributed by atoms with Gasteiger partial charge in [0.25, 0.3) is 0 Å². The van der Waals surface area contributed by atoms with Gasteiger partial charge in [-0.25, -0.2) is 0 Å². The highest BCUT2D eigenvalue weighted by Gasteiger charge is 2.51. The standard InChI is InChI=1S/C16H26O.C8H18O/c1-8-17-16(15(5,6)7)12-10-9-11-13(16)14(2,3)4;1-7(2,3)9-8(4,5)6/h8-13H,1H2,2-7H3;1-6H3. The molecule has 0 aromatic rings. The molecule has 0 amide bonds. The van der Waals surface area contributed by atoms with Crippen LogP contribution in [-0.4, -0.2) is 16.8 Å². The first kappa shape index (κ1) is 25.0. The second-order valence-electron chi connectivity index (χ2n) is 11.2. The molecule has 0 saturated heterocycles. The number of hydrogen-bond donors (Lipinski definition) is 0. The van der Waals surface area contributed by atoms with E-state index < -0.39 is 0 Å². The molecular formula is C24H44O2. The third-order valence-electron chi connectivity index (χ3n) is 4.22. The minimum absolute atomic E-state index is 0.0143. The Kier molecular flexibility index (Phi) is 8.01. The predicted octanol–water partition coefficient (Wildman–Crippen LogP) is 7.32. The highest BCUT2D eigenvalue weighted by molar-refractivity contribution is 5.27. The number of rotatable bonds is 2. The molecule has 2 nitrogen and oxygen atoms in total. The van der Waals surface area contributed by atoms with E-state index >= 15 is 0 Å². The van der Waals surface area contributed by atoms with Gasteiger partial charge in [-0.1, -0.05) is 66.3 Å². The molecule has 1 aliphatic carbocycles. The van der Waals surface area contributed by atoms with Crippen molar-refractivity contribution in [3.63, 3.8) is 0 Å². The van der Waals surface area contributed by atoms with Crippen molar-refractivity contribution in [3.05, 3.63) is 37.1 Å². The van der Waals surface area contributed by atoms with Crippen LogP contribution >= 0.6 is 0 Å². The fourth-order valence-electron chi connectivity index (χ4n) is 3.61. The summed E-state index contributed by atoms with van der Waals surface area (Å²) in [6.07, 6.45) is 10.2. The maximum Gasteiger partial charge on any atom is 0.138 e. The van der Waals surface area contributed by atoms with E-state index in [4.69, 9.17) is 9.47 Å². The van der Waals surface area contributed by atoms with E-state index in [2.05, 4.69) is 114 Å². The first-order valence-electron chi connectivity index (χ1n) is 9.71. The second kappa shape index (κ2) is 8.33. The fraction of sp³-hybridized carbons (Fsp3) is 0.750. The largest absolute Gasteiger partial charge is 0.490 e. The number of ether oxygens (including phenoxy) is 2. The van der Waals surface area contributed by atoms with E-state index in [-0.39, 0.29) is 27.6 Å². The van der Waals surface area contributed by atoms with E-state index in [1.807, 2.05) is 0 Å². The van der Waals surface area contributed by atoms with Crippen LogP contribution in [0.1, 0.15) is 83.1 Å². The Balaban J connectivity index is 0.000000590. The Morgan fingerprint density at radius 1 is 0.808 bits per heavy atom. The molecule has 2 unspecified atom stereocenters. The molecule has 0 aromatic carbocycles. The first-order chi connectivity index (χ1) is 11.4. The molecule has 0 radical (unpaired) electrons. The summed E-state index contributed by atoms with van der Waals surface area (Å²) in [7, 11) is 0. The molecule has 1 rings (SSSR count). The molecule has 0 heterocycles. The van der Waals surface area contributed by atoms with E-state index in [0.717, 1.165) is 0 Å². The van der Waals surface area contributed by atoms with E-state index in [0.29, 0.717) is 5.92 Å². The smallest absolute Gasteiger partial charge is 0.138 e. The molecular weight excluding hydrogens is 320 g/mol. The number of allylic oxidation sites excluding steroid dienone is 2. The van der Waals surface area contributed by atoms with Crippen molar-refractivity contribution in [1.29, 1.82) is 0 Å². The molecule has 1 aliphatic rings. The van der Waals surface area contributed by atoms with Crippen LogP contribution in [0.4, 0.5) is 0 Å². The Morgan fingerprint density at radius 2 is 1.27 bits per heavy atom. The quantitative estimate of drug-likeness (QED) is 0.478. The maximum absolute atomic E-state index is 6.00. The Bertz CT molecular complexity index is 486. The molecule has 152 valence electrons. The highest BCUT2D eigenvalue weighted by Crippen LogP contribution is 2.50. The second-order valence-corrected chi connectivity index (χ2v) is 11.2. The third kappa shape index (κ3) is 7.70. The highest BCUT2D eigenvalue weighted by atomic mass is 16.5. The molecule has 0 bridgehead atoms. The van der Waals surface area contributed by atoms with Crippen molar-refractivity contribution in [1.82, 2.24) is 0 Å². The molecule has 2 heteroatoms. The van der Waals surface area contributed by atoms with Crippen LogP contribution in [0.3, 0.4) is 0 Å². The lowest BCUT2D eigenvalue weighted by molar-refractivity contribution is -0.102. The minimum atomic E-state index is -0.318. The van der Waals surface area contributed by atoms with E-state index in [1.165, 1.54) is 0 Å². The van der Waals surface area contributed by atoms with Crippen LogP contribution in [0, 0.1) is 16.7 Å². The van der Waals surface area contributed by atoms with Crippen LogP contribution in [0.15, 0.2) is 37.1 Å². The molecule has 0 N–H and O–H groups in total. The van der Waals surface area contributed by atoms with Gasteiger partial charge in [0, 0.05) is 11.3 Å². The van der Waals surface area contributed by atoms with Gasteiger partial charge >= 0.3 is 0 Å². The molecule has 0 saturated carbocycles. The molecule has 26 heavy (non-hydrogen) atoms. The summed E-state index contributed by atoms with van der Waals surface area (Å²) in [5.74, 6) is 0.331. The van der Waals surface area contributed by atoms with Crippen molar-refractivity contribution < 1.29 is 9.47 Å². The van der Waals surface area contributed by atoms with Crippen LogP contribution in [-0.2, 0) is 9.47 Å². The lowest BCUT2D eigenvalue weighted by Gasteiger charge is -2.51. The zero-order valence-corrected chi connectivity index (χ0v) is 19.5. The van der Waals surface area contributed by atoms with Gasteiger partial charge in [-0.2, -0.15) is 0 Å². The molecule has 2 atom stereocenters. The van der Waals surface area contributed by atoms with Gasteiger partial charge in [0.15, 0.2) is 0 Å². The first-order valence-corrected chi connectivity index (χ1v) is 9.71. The van der Waals surface area contributed by atoms with Crippen molar-refractivity contribution in [2.24, 2.45) is 16.7 Å². The Hall–Kier alpha value is -1.02. The summed E-state index contributed by atoms with van der Waals surface area (Å²) >= 11 is 0. The fourth-order valence-corrected chi connectivity index (χ4v) is 3.61. The zero-order valence-electron chi connectivity index (χ0n) is 19.5. The summed E-state index contributed by atoms with van der Waals surface area (Å²) in [5, 5.41) is 0. The molecule has 0 aromatic heterocycles. The lowest BCUT2D eigenvalue weighted by Crippen LogP contribution is -2.53. The van der Waals surface area contributed by atoms with Gasteiger partial charge in [0.1, 0.15) is 5.60 Å². The summed E-state index contributed by atoms with van der Waals surface area (Å²) in [6, 6.07) is 0. The van der Waals surface area contributed by atoms with Gasteiger partial charge in [-0.3, -0.25) is 0 Å². The summed E-state index contributed by atoms with van der Waals surface area (Å²) < 4.78 is 11.6. The van der Waals surface area contributed by atoms with Crippen LogP contribution in [0.25, 0.3) is 0 Å². The van der Waals surface area contributed by atoms with Crippen molar-refractivity contribution in [3.8, 4) is 0 Å². The Morgan fingerprint density at radius 3 is 1.54 bits per heavy atom. The lowest BCUT2D eigenvalue weighted by atomic mass is 9.59. The monoisotopic (exact) mass is 364 g/mol. The summed E-state index contributed by atoms with van der Waals surface area (Å²) in [5.41, 5.74) is -0.184. The van der Waals surface area contributed by atoms with Crippen molar-refractivity contribution in [2.75, 3.05) is 0 Å². The average Bonchev–Trinajstić information content (AvgIpc) is 2.33. The van der Waals surface area contributed by atoms with Crippen LogP contribution in [0.2, 0.25) is 0 Å². The SMILES string of the molecule is C=COC1(C(C)(C)C)C=CC=CC1C(C)(C)C.CC(C)(C)OC(C)(C)C. The molecule has 0 fully saturated rings. The van der Waals surface area contributed by atoms with E-state index in [9.17, 15) is 0 Å². The van der Waals surface area contributed by atoms with E-state index in [1.54, 1.807) is 6.26 Å². The van der Waals surface area contributed by atoms with Crippen molar-refractivity contribution >= 4 is 0 Å². The van der Waals surface area contributed by atoms with Gasteiger partial charge in [-0.15, -0.1) is 0 Å². The van der Waals surface area contributed by atoms with Gasteiger partial charge in [0.2, 0.25) is 0 Å². The van der Waals surface area contributed by atoms with Gasteiger partial charge < -0.3 is 9.47 Å². The summed E-state index contributed by atoms with van der Waals surface area (Å²) in [6.45, 7) is 29.6. The normalized spacial score (nSPS) is 23.9. The maximum atomic E-state index is 6.00.